The molecule has 2 aromatic carbocycles. The number of benzene rings is 2. The summed E-state index contributed by atoms with van der Waals surface area (Å²) in [6.07, 6.45) is 0.694. The molecule has 0 bridgehead atoms. The van der Waals surface area contributed by atoms with E-state index in [1.54, 1.807) is 0 Å². The van der Waals surface area contributed by atoms with Crippen molar-refractivity contribution < 1.29 is 4.79 Å². The van der Waals surface area contributed by atoms with Crippen molar-refractivity contribution in [3.63, 3.8) is 0 Å². The van der Waals surface area contributed by atoms with Gasteiger partial charge in [0.2, 0.25) is 0 Å². The molecular weight excluding hydrogens is 256 g/mol. The summed E-state index contributed by atoms with van der Waals surface area (Å²) in [5.41, 5.74) is 2.12. The van der Waals surface area contributed by atoms with Gasteiger partial charge in [0.15, 0.2) is 5.78 Å². The highest BCUT2D eigenvalue weighted by atomic mass is 16.1. The molecule has 1 heteroatoms. The molecule has 0 spiro atoms. The molecule has 0 aliphatic rings. The first-order valence-corrected chi connectivity index (χ1v) is 7.25. The Bertz CT molecular complexity index is 689. The molecule has 0 fully saturated rings. The maximum absolute atomic E-state index is 12.8. The molecule has 0 amide bonds. The van der Waals surface area contributed by atoms with Gasteiger partial charge in [-0.25, -0.2) is 0 Å². The molecule has 1 nitrogen and oxygen atoms in total. The summed E-state index contributed by atoms with van der Waals surface area (Å²) >= 11 is 0. The minimum Gasteiger partial charge on any atom is -0.292 e. The highest BCUT2D eigenvalue weighted by Crippen LogP contribution is 2.26. The summed E-state index contributed by atoms with van der Waals surface area (Å²) in [4.78, 5) is 12.8. The maximum atomic E-state index is 12.8. The van der Waals surface area contributed by atoms with E-state index in [0.717, 1.165) is 16.7 Å². The van der Waals surface area contributed by atoms with Crippen molar-refractivity contribution in [1.82, 2.24) is 0 Å². The minimum absolute atomic E-state index is 0.0946. The highest BCUT2D eigenvalue weighted by Gasteiger charge is 2.30. The van der Waals surface area contributed by atoms with Gasteiger partial charge in [0.25, 0.3) is 0 Å². The molecule has 2 aromatic rings. The summed E-state index contributed by atoms with van der Waals surface area (Å²) in [6, 6.07) is 17.5. The fraction of sp³-hybridized carbons (Fsp3) is 0.250. The lowest BCUT2D eigenvalue weighted by molar-refractivity contribution is 0.0874. The Hall–Kier alpha value is -2.33. The number of Topliss-reactive ketones (excluding diaryl/α,β-unsaturated/α-hetero) is 1. The van der Waals surface area contributed by atoms with E-state index in [4.69, 9.17) is 0 Å². The van der Waals surface area contributed by atoms with Crippen molar-refractivity contribution in [1.29, 1.82) is 0 Å². The zero-order chi connectivity index (χ0) is 15.3. The second-order valence-corrected chi connectivity index (χ2v) is 5.50. The average Bonchev–Trinajstić information content (AvgIpc) is 2.53. The lowest BCUT2D eigenvalue weighted by Gasteiger charge is -2.20. The largest absolute Gasteiger partial charge is 0.292 e. The number of rotatable bonds is 3. The second-order valence-electron chi connectivity index (χ2n) is 5.50. The van der Waals surface area contributed by atoms with Gasteiger partial charge in [-0.2, -0.15) is 0 Å². The zero-order valence-electron chi connectivity index (χ0n) is 12.8. The second kappa shape index (κ2) is 6.41. The topological polar surface area (TPSA) is 17.1 Å². The van der Waals surface area contributed by atoms with Crippen LogP contribution in [0.15, 0.2) is 54.6 Å². The van der Waals surface area contributed by atoms with E-state index >= 15 is 0 Å². The summed E-state index contributed by atoms with van der Waals surface area (Å²) in [6.45, 7) is 5.93. The third-order valence-electron chi connectivity index (χ3n) is 3.75. The molecule has 106 valence electrons. The molecule has 0 heterocycles. The molecule has 0 radical (unpaired) electrons. The van der Waals surface area contributed by atoms with Crippen LogP contribution < -0.4 is 0 Å². The van der Waals surface area contributed by atoms with Crippen molar-refractivity contribution >= 4 is 5.78 Å². The predicted molar refractivity (Wildman–Crippen MR) is 87.2 cm³/mol. The molecule has 0 aromatic heterocycles. The van der Waals surface area contributed by atoms with E-state index in [2.05, 4.69) is 11.8 Å². The van der Waals surface area contributed by atoms with Gasteiger partial charge in [-0.3, -0.25) is 4.79 Å². The van der Waals surface area contributed by atoms with Crippen molar-refractivity contribution in [2.24, 2.45) is 5.41 Å². The van der Waals surface area contributed by atoms with Gasteiger partial charge >= 0.3 is 0 Å². The van der Waals surface area contributed by atoms with Crippen LogP contribution in [-0.4, -0.2) is 5.78 Å². The standard InChI is InChI=1S/C20H20O/c1-4-20(3,14-13-17-10-6-5-7-11-17)19(21)18-12-8-9-16(2)15-18/h5-12,15H,4H2,1-3H3. The maximum Gasteiger partial charge on any atom is 0.180 e. The van der Waals surface area contributed by atoms with Gasteiger partial charge in [-0.15, -0.1) is 0 Å². The molecule has 0 saturated heterocycles. The average molecular weight is 276 g/mol. The molecule has 1 unspecified atom stereocenters. The van der Waals surface area contributed by atoms with Crippen LogP contribution in [0.3, 0.4) is 0 Å². The summed E-state index contributed by atoms with van der Waals surface area (Å²) < 4.78 is 0. The Morgan fingerprint density at radius 1 is 1.10 bits per heavy atom. The molecule has 0 aliphatic heterocycles. The first kappa shape index (κ1) is 15.1. The van der Waals surface area contributed by atoms with Crippen LogP contribution in [0.2, 0.25) is 0 Å². The zero-order valence-corrected chi connectivity index (χ0v) is 12.8. The van der Waals surface area contributed by atoms with Crippen LogP contribution in [0.4, 0.5) is 0 Å². The van der Waals surface area contributed by atoms with Crippen LogP contribution >= 0.6 is 0 Å². The summed E-state index contributed by atoms with van der Waals surface area (Å²) in [5.74, 6) is 6.41. The van der Waals surface area contributed by atoms with E-state index in [0.29, 0.717) is 6.42 Å². The Kier molecular flexibility index (Phi) is 4.60. The third-order valence-corrected chi connectivity index (χ3v) is 3.75. The van der Waals surface area contributed by atoms with E-state index in [1.807, 2.05) is 75.4 Å². The lowest BCUT2D eigenvalue weighted by atomic mass is 9.80. The normalized spacial score (nSPS) is 12.9. The van der Waals surface area contributed by atoms with Crippen molar-refractivity contribution in [2.75, 3.05) is 0 Å². The molecule has 21 heavy (non-hydrogen) atoms. The Labute approximate surface area is 127 Å². The van der Waals surface area contributed by atoms with Crippen molar-refractivity contribution in [2.45, 2.75) is 27.2 Å². The fourth-order valence-corrected chi connectivity index (χ4v) is 2.14. The smallest absolute Gasteiger partial charge is 0.180 e. The Morgan fingerprint density at radius 2 is 1.81 bits per heavy atom. The third kappa shape index (κ3) is 3.61. The van der Waals surface area contributed by atoms with Gasteiger partial charge in [-0.1, -0.05) is 60.7 Å². The highest BCUT2D eigenvalue weighted by molar-refractivity contribution is 6.02. The predicted octanol–water partition coefficient (Wildman–Crippen LogP) is 4.65. The molecule has 1 atom stereocenters. The van der Waals surface area contributed by atoms with E-state index < -0.39 is 5.41 Å². The molecule has 0 N–H and O–H groups in total. The fourth-order valence-electron chi connectivity index (χ4n) is 2.14. The van der Waals surface area contributed by atoms with Crippen LogP contribution in [-0.2, 0) is 0 Å². The number of ketones is 1. The number of aryl methyl sites for hydroxylation is 1. The number of carbonyl (C=O) groups excluding carboxylic acids is 1. The minimum atomic E-state index is -0.649. The Balaban J connectivity index is 2.33. The van der Waals surface area contributed by atoms with Crippen LogP contribution in [0.1, 0.15) is 41.8 Å². The summed E-state index contributed by atoms with van der Waals surface area (Å²) in [7, 11) is 0. The van der Waals surface area contributed by atoms with Gasteiger partial charge in [-0.05, 0) is 38.5 Å². The number of hydrogen-bond acceptors (Lipinski definition) is 1. The van der Waals surface area contributed by atoms with E-state index in [9.17, 15) is 4.79 Å². The Morgan fingerprint density at radius 3 is 2.43 bits per heavy atom. The number of carbonyl (C=O) groups is 1. The monoisotopic (exact) mass is 276 g/mol. The van der Waals surface area contributed by atoms with Gasteiger partial charge in [0.1, 0.15) is 0 Å². The first-order valence-electron chi connectivity index (χ1n) is 7.25. The van der Waals surface area contributed by atoms with Gasteiger partial charge < -0.3 is 0 Å². The van der Waals surface area contributed by atoms with Crippen LogP contribution in [0.5, 0.6) is 0 Å². The quantitative estimate of drug-likeness (QED) is 0.589. The summed E-state index contributed by atoms with van der Waals surface area (Å²) in [5, 5.41) is 0. The van der Waals surface area contributed by atoms with E-state index in [-0.39, 0.29) is 5.78 Å². The molecule has 0 saturated carbocycles. The van der Waals surface area contributed by atoms with Crippen molar-refractivity contribution in [3.05, 3.63) is 71.3 Å². The van der Waals surface area contributed by atoms with Crippen molar-refractivity contribution in [3.8, 4) is 11.8 Å². The van der Waals surface area contributed by atoms with Gasteiger partial charge in [0, 0.05) is 11.1 Å². The number of hydrogen-bond donors (Lipinski definition) is 0. The van der Waals surface area contributed by atoms with Crippen LogP contribution in [0, 0.1) is 24.2 Å². The molecule has 2 rings (SSSR count). The van der Waals surface area contributed by atoms with Gasteiger partial charge in [0.05, 0.1) is 5.41 Å². The van der Waals surface area contributed by atoms with Crippen LogP contribution in [0.25, 0.3) is 0 Å². The SMILES string of the molecule is CCC(C)(C#Cc1ccccc1)C(=O)c1cccc(C)c1. The lowest BCUT2D eigenvalue weighted by Crippen LogP contribution is -2.25. The first-order chi connectivity index (χ1) is 10.0. The molecular formula is C20H20O. The molecule has 0 aliphatic carbocycles. The van der Waals surface area contributed by atoms with E-state index in [1.165, 1.54) is 0 Å².